The van der Waals surface area contributed by atoms with E-state index in [1.54, 1.807) is 6.07 Å². The Hall–Kier alpha value is -2.30. The first-order chi connectivity index (χ1) is 10.9. The average molecular weight is 319 g/mol. The van der Waals surface area contributed by atoms with Crippen molar-refractivity contribution in [1.82, 2.24) is 0 Å². The van der Waals surface area contributed by atoms with Crippen molar-refractivity contribution >= 4 is 5.71 Å². The van der Waals surface area contributed by atoms with Crippen molar-refractivity contribution in [1.29, 1.82) is 5.41 Å². The molecule has 2 aromatic carbocycles. The Balaban J connectivity index is 1.71. The molecule has 0 heterocycles. The minimum absolute atomic E-state index is 0.0835. The van der Waals surface area contributed by atoms with Crippen molar-refractivity contribution in [3.05, 3.63) is 64.7 Å². The van der Waals surface area contributed by atoms with Crippen LogP contribution in [0, 0.1) is 5.41 Å². The summed E-state index contributed by atoms with van der Waals surface area (Å²) in [5.41, 5.74) is 2.80. The van der Waals surface area contributed by atoms with E-state index in [0.717, 1.165) is 30.5 Å². The number of ether oxygens (including phenoxy) is 1. The van der Waals surface area contributed by atoms with Gasteiger partial charge in [-0.15, -0.1) is 0 Å². The summed E-state index contributed by atoms with van der Waals surface area (Å²) in [6.45, 7) is 0.0835. The third-order valence-corrected chi connectivity index (χ3v) is 3.94. The van der Waals surface area contributed by atoms with Gasteiger partial charge in [-0.1, -0.05) is 18.2 Å². The Morgan fingerprint density at radius 1 is 1.00 bits per heavy atom. The van der Waals surface area contributed by atoms with Crippen LogP contribution in [0.25, 0.3) is 0 Å². The van der Waals surface area contributed by atoms with Crippen molar-refractivity contribution in [3.63, 3.8) is 0 Å². The fourth-order valence-electron chi connectivity index (χ4n) is 2.71. The zero-order valence-corrected chi connectivity index (χ0v) is 12.4. The first kappa shape index (κ1) is 15.6. The van der Waals surface area contributed by atoms with Crippen LogP contribution < -0.4 is 4.74 Å². The highest BCUT2D eigenvalue weighted by molar-refractivity contribution is 5.85. The zero-order valence-electron chi connectivity index (χ0n) is 12.4. The molecular formula is C18H16F3NO. The number of nitrogens with one attached hydrogen (secondary N) is 1. The molecule has 0 amide bonds. The van der Waals surface area contributed by atoms with Gasteiger partial charge in [-0.25, -0.2) is 0 Å². The van der Waals surface area contributed by atoms with E-state index in [1.807, 2.05) is 18.2 Å². The fourth-order valence-corrected chi connectivity index (χ4v) is 2.71. The van der Waals surface area contributed by atoms with Crippen LogP contribution in [-0.2, 0) is 25.6 Å². The molecule has 0 radical (unpaired) electrons. The number of hydrogen-bond donors (Lipinski definition) is 1. The van der Waals surface area contributed by atoms with Gasteiger partial charge in [0.25, 0.3) is 0 Å². The number of rotatable bonds is 3. The molecule has 0 saturated heterocycles. The van der Waals surface area contributed by atoms with E-state index in [9.17, 15) is 13.2 Å². The largest absolute Gasteiger partial charge is 0.489 e. The third-order valence-electron chi connectivity index (χ3n) is 3.94. The summed E-state index contributed by atoms with van der Waals surface area (Å²) in [5.74, 6) is 0.621. The molecule has 0 fully saturated rings. The van der Waals surface area contributed by atoms with Crippen LogP contribution in [0.1, 0.15) is 28.7 Å². The summed E-state index contributed by atoms with van der Waals surface area (Å²) in [4.78, 5) is 0. The normalized spacial score (nSPS) is 14.5. The van der Waals surface area contributed by atoms with E-state index in [1.165, 1.54) is 11.6 Å². The molecule has 1 aliphatic rings. The number of fused-ring (bicyclic) bond motifs is 1. The highest BCUT2D eigenvalue weighted by atomic mass is 19.4. The van der Waals surface area contributed by atoms with E-state index in [4.69, 9.17) is 10.1 Å². The summed E-state index contributed by atoms with van der Waals surface area (Å²) in [6, 6.07) is 10.8. The molecule has 0 bridgehead atoms. The lowest BCUT2D eigenvalue weighted by atomic mass is 9.90. The lowest BCUT2D eigenvalue weighted by molar-refractivity contribution is -0.137. The van der Waals surface area contributed by atoms with Gasteiger partial charge in [0.2, 0.25) is 0 Å². The van der Waals surface area contributed by atoms with Gasteiger partial charge in [0.15, 0.2) is 0 Å². The molecule has 0 spiro atoms. The standard InChI is InChI=1S/C18H16F3NO/c19-18(20,21)15-3-1-2-12(8-15)11-23-17-7-5-13-4-6-16(22)9-14(13)10-17/h1-3,5,7-8,10,22H,4,6,9,11H2. The number of alkyl halides is 3. The molecule has 1 N–H and O–H groups in total. The maximum atomic E-state index is 12.7. The minimum Gasteiger partial charge on any atom is -0.489 e. The second-order valence-corrected chi connectivity index (χ2v) is 5.70. The maximum Gasteiger partial charge on any atom is 0.416 e. The van der Waals surface area contributed by atoms with E-state index in [2.05, 4.69) is 0 Å². The summed E-state index contributed by atoms with van der Waals surface area (Å²) >= 11 is 0. The van der Waals surface area contributed by atoms with E-state index < -0.39 is 11.7 Å². The van der Waals surface area contributed by atoms with E-state index in [0.29, 0.717) is 23.4 Å². The maximum absolute atomic E-state index is 12.7. The molecular weight excluding hydrogens is 303 g/mol. The second kappa shape index (κ2) is 6.07. The van der Waals surface area contributed by atoms with Crippen LogP contribution in [0.3, 0.4) is 0 Å². The van der Waals surface area contributed by atoms with Crippen LogP contribution in [0.2, 0.25) is 0 Å². The molecule has 0 saturated carbocycles. The monoisotopic (exact) mass is 319 g/mol. The van der Waals surface area contributed by atoms with Crippen LogP contribution in [0.5, 0.6) is 5.75 Å². The van der Waals surface area contributed by atoms with Gasteiger partial charge in [-0.2, -0.15) is 13.2 Å². The van der Waals surface area contributed by atoms with Crippen molar-refractivity contribution in [3.8, 4) is 5.75 Å². The Bertz CT molecular complexity index is 737. The minimum atomic E-state index is -4.35. The second-order valence-electron chi connectivity index (χ2n) is 5.70. The van der Waals surface area contributed by atoms with Crippen molar-refractivity contribution < 1.29 is 17.9 Å². The quantitative estimate of drug-likeness (QED) is 0.866. The summed E-state index contributed by atoms with van der Waals surface area (Å²) < 4.78 is 43.7. The molecule has 0 atom stereocenters. The average Bonchev–Trinajstić information content (AvgIpc) is 2.52. The van der Waals surface area contributed by atoms with Gasteiger partial charge in [-0.3, -0.25) is 0 Å². The molecule has 3 rings (SSSR count). The van der Waals surface area contributed by atoms with Crippen LogP contribution in [0.4, 0.5) is 13.2 Å². The van der Waals surface area contributed by atoms with Gasteiger partial charge >= 0.3 is 6.18 Å². The van der Waals surface area contributed by atoms with E-state index in [-0.39, 0.29) is 6.61 Å². The zero-order chi connectivity index (χ0) is 16.4. The Morgan fingerprint density at radius 2 is 1.83 bits per heavy atom. The van der Waals surface area contributed by atoms with E-state index >= 15 is 0 Å². The topological polar surface area (TPSA) is 33.1 Å². The molecule has 5 heteroatoms. The van der Waals surface area contributed by atoms with Gasteiger partial charge in [0.05, 0.1) is 5.56 Å². The van der Waals surface area contributed by atoms with Gasteiger partial charge in [0.1, 0.15) is 12.4 Å². The molecule has 23 heavy (non-hydrogen) atoms. The Kier molecular flexibility index (Phi) is 4.11. The summed E-state index contributed by atoms with van der Waals surface area (Å²) in [7, 11) is 0. The highest BCUT2D eigenvalue weighted by Gasteiger charge is 2.30. The summed E-state index contributed by atoms with van der Waals surface area (Å²) in [5, 5.41) is 7.76. The van der Waals surface area contributed by atoms with Gasteiger partial charge in [0, 0.05) is 12.1 Å². The van der Waals surface area contributed by atoms with Crippen molar-refractivity contribution in [2.45, 2.75) is 32.0 Å². The Morgan fingerprint density at radius 3 is 2.61 bits per heavy atom. The van der Waals surface area contributed by atoms with Crippen molar-refractivity contribution in [2.24, 2.45) is 0 Å². The van der Waals surface area contributed by atoms with Crippen LogP contribution in [-0.4, -0.2) is 5.71 Å². The van der Waals surface area contributed by atoms with Gasteiger partial charge in [-0.05, 0) is 53.8 Å². The molecule has 0 unspecified atom stereocenters. The molecule has 0 aromatic heterocycles. The first-order valence-electron chi connectivity index (χ1n) is 7.39. The molecule has 2 nitrogen and oxygen atoms in total. The van der Waals surface area contributed by atoms with Crippen molar-refractivity contribution in [2.75, 3.05) is 0 Å². The predicted molar refractivity (Wildman–Crippen MR) is 82.0 cm³/mol. The third kappa shape index (κ3) is 3.73. The molecule has 2 aromatic rings. The number of aryl methyl sites for hydroxylation is 1. The lowest BCUT2D eigenvalue weighted by Crippen LogP contribution is -2.12. The summed E-state index contributed by atoms with van der Waals surface area (Å²) in [6.07, 6.45) is -2.07. The lowest BCUT2D eigenvalue weighted by Gasteiger charge is -2.18. The predicted octanol–water partition coefficient (Wildman–Crippen LogP) is 4.79. The first-order valence-corrected chi connectivity index (χ1v) is 7.39. The highest BCUT2D eigenvalue weighted by Crippen LogP contribution is 2.30. The van der Waals surface area contributed by atoms with Gasteiger partial charge < -0.3 is 10.1 Å². The number of halogens is 3. The number of hydrogen-bond acceptors (Lipinski definition) is 2. The molecule has 1 aliphatic carbocycles. The Labute approximate surface area is 132 Å². The number of benzene rings is 2. The smallest absolute Gasteiger partial charge is 0.416 e. The van der Waals surface area contributed by atoms with Crippen LogP contribution >= 0.6 is 0 Å². The molecule has 120 valence electrons. The molecule has 0 aliphatic heterocycles. The van der Waals surface area contributed by atoms with Crippen LogP contribution in [0.15, 0.2) is 42.5 Å². The fraction of sp³-hybridized carbons (Fsp3) is 0.278. The SMILES string of the molecule is N=C1CCc2ccc(OCc3cccc(C(F)(F)F)c3)cc2C1.